The Labute approximate surface area is 171 Å². The van der Waals surface area contributed by atoms with Crippen LogP contribution in [-0.4, -0.2) is 38.0 Å². The van der Waals surface area contributed by atoms with Crippen LogP contribution in [0.15, 0.2) is 40.8 Å². The van der Waals surface area contributed by atoms with E-state index in [1.165, 1.54) is 18.9 Å². The van der Waals surface area contributed by atoms with Crippen LogP contribution in [0.2, 0.25) is 0 Å². The first-order valence-corrected chi connectivity index (χ1v) is 10.6. The number of allylic oxidation sites excluding steroid dienone is 1. The third-order valence-corrected chi connectivity index (χ3v) is 6.27. The van der Waals surface area contributed by atoms with Gasteiger partial charge in [0.25, 0.3) is 0 Å². The van der Waals surface area contributed by atoms with Crippen molar-refractivity contribution in [3.05, 3.63) is 35.9 Å². The van der Waals surface area contributed by atoms with E-state index in [0.29, 0.717) is 6.61 Å². The molecule has 6 heteroatoms. The van der Waals surface area contributed by atoms with Crippen molar-refractivity contribution < 1.29 is 23.8 Å². The molecule has 28 heavy (non-hydrogen) atoms. The lowest BCUT2D eigenvalue weighted by Crippen LogP contribution is -2.32. The number of benzene rings is 1. The number of hydrogen-bond acceptors (Lipinski definition) is 6. The first-order valence-electron chi connectivity index (χ1n) is 9.75. The standard InChI is InChI=1S/C22H30O5S/c1-5-27-22(24)20(28-18-12-10-17(25-3)11-13-18)19-9-7-6-8-16(19)14-15(2)21(23)26-4/h10-15,19-20H,5-9H2,1-4H3/b16-14+/t15-,19-,20+/m1/s1. The summed E-state index contributed by atoms with van der Waals surface area (Å²) in [6.07, 6.45) is 5.92. The summed E-state index contributed by atoms with van der Waals surface area (Å²) in [5.74, 6) is 0.0442. The fraction of sp³-hybridized carbons (Fsp3) is 0.545. The van der Waals surface area contributed by atoms with Crippen LogP contribution in [0.25, 0.3) is 0 Å². The zero-order chi connectivity index (χ0) is 20.5. The van der Waals surface area contributed by atoms with Gasteiger partial charge in [0.05, 0.1) is 26.7 Å². The molecule has 0 spiro atoms. The second-order valence-corrected chi connectivity index (χ2v) is 8.09. The molecule has 0 aliphatic heterocycles. The number of ether oxygens (including phenoxy) is 3. The molecule has 2 rings (SSSR count). The predicted octanol–water partition coefficient (Wildman–Crippen LogP) is 4.64. The number of carbonyl (C=O) groups excluding carboxylic acids is 2. The Kier molecular flexibility index (Phi) is 8.90. The lowest BCUT2D eigenvalue weighted by atomic mass is 9.80. The quantitative estimate of drug-likeness (QED) is 0.356. The molecule has 1 aliphatic rings. The average Bonchev–Trinajstić information content (AvgIpc) is 2.72. The van der Waals surface area contributed by atoms with Crippen LogP contribution >= 0.6 is 11.8 Å². The van der Waals surface area contributed by atoms with Crippen molar-refractivity contribution in [2.45, 2.75) is 49.7 Å². The van der Waals surface area contributed by atoms with Gasteiger partial charge in [0.2, 0.25) is 0 Å². The van der Waals surface area contributed by atoms with Gasteiger partial charge >= 0.3 is 11.9 Å². The first-order chi connectivity index (χ1) is 13.5. The molecule has 1 aromatic rings. The summed E-state index contributed by atoms with van der Waals surface area (Å²) in [5.41, 5.74) is 1.16. The van der Waals surface area contributed by atoms with Crippen LogP contribution < -0.4 is 4.74 Å². The molecule has 0 heterocycles. The lowest BCUT2D eigenvalue weighted by Gasteiger charge is -2.31. The molecular weight excluding hydrogens is 376 g/mol. The SMILES string of the molecule is CCOC(=O)[C@@H](Sc1ccc(OC)cc1)[C@@H]1CCCC/C1=C\[C@@H](C)C(=O)OC. The zero-order valence-corrected chi connectivity index (χ0v) is 17.9. The molecule has 0 radical (unpaired) electrons. The first kappa shape index (κ1) is 22.3. The molecule has 0 N–H and O–H groups in total. The molecule has 0 bridgehead atoms. The van der Waals surface area contributed by atoms with E-state index in [1.54, 1.807) is 7.11 Å². The molecule has 0 saturated heterocycles. The van der Waals surface area contributed by atoms with Crippen LogP contribution in [0.1, 0.15) is 39.5 Å². The van der Waals surface area contributed by atoms with E-state index in [4.69, 9.17) is 14.2 Å². The maximum absolute atomic E-state index is 12.8. The highest BCUT2D eigenvalue weighted by Crippen LogP contribution is 2.40. The summed E-state index contributed by atoms with van der Waals surface area (Å²) in [6.45, 7) is 4.01. The monoisotopic (exact) mass is 406 g/mol. The van der Waals surface area contributed by atoms with Crippen LogP contribution in [0.5, 0.6) is 5.75 Å². The van der Waals surface area contributed by atoms with Gasteiger partial charge in [-0.1, -0.05) is 18.1 Å². The minimum absolute atomic E-state index is 0.0482. The van der Waals surface area contributed by atoms with Gasteiger partial charge in [-0.15, -0.1) is 11.8 Å². The Morgan fingerprint density at radius 2 is 1.89 bits per heavy atom. The van der Waals surface area contributed by atoms with Gasteiger partial charge in [-0.3, -0.25) is 9.59 Å². The molecule has 1 saturated carbocycles. The number of methoxy groups -OCH3 is 2. The summed E-state index contributed by atoms with van der Waals surface area (Å²) in [6, 6.07) is 7.70. The molecule has 5 nitrogen and oxygen atoms in total. The summed E-state index contributed by atoms with van der Waals surface area (Å²) in [7, 11) is 3.03. The topological polar surface area (TPSA) is 61.8 Å². The highest BCUT2D eigenvalue weighted by molar-refractivity contribution is 8.00. The van der Waals surface area contributed by atoms with Gasteiger partial charge in [-0.25, -0.2) is 0 Å². The van der Waals surface area contributed by atoms with Crippen molar-refractivity contribution in [3.63, 3.8) is 0 Å². The molecule has 1 aromatic carbocycles. The fourth-order valence-electron chi connectivity index (χ4n) is 3.51. The van der Waals surface area contributed by atoms with Gasteiger partial charge in [0.1, 0.15) is 11.0 Å². The highest BCUT2D eigenvalue weighted by atomic mass is 32.2. The number of esters is 2. The summed E-state index contributed by atoms with van der Waals surface area (Å²) in [5, 5.41) is -0.343. The van der Waals surface area contributed by atoms with Gasteiger partial charge in [0.15, 0.2) is 0 Å². The third kappa shape index (κ3) is 6.03. The Hall–Kier alpha value is -1.95. The largest absolute Gasteiger partial charge is 0.497 e. The molecule has 154 valence electrons. The third-order valence-electron chi connectivity index (χ3n) is 4.95. The predicted molar refractivity (Wildman–Crippen MR) is 110 cm³/mol. The lowest BCUT2D eigenvalue weighted by molar-refractivity contribution is -0.143. The molecule has 0 amide bonds. The van der Waals surface area contributed by atoms with Gasteiger partial charge in [-0.2, -0.15) is 0 Å². The summed E-state index contributed by atoms with van der Waals surface area (Å²) >= 11 is 1.52. The molecule has 3 atom stereocenters. The van der Waals surface area contributed by atoms with Crippen LogP contribution in [0.4, 0.5) is 0 Å². The Bertz CT molecular complexity index is 683. The highest BCUT2D eigenvalue weighted by Gasteiger charge is 2.35. The van der Waals surface area contributed by atoms with E-state index in [0.717, 1.165) is 41.9 Å². The number of carbonyl (C=O) groups is 2. The van der Waals surface area contributed by atoms with Crippen LogP contribution in [0, 0.1) is 11.8 Å². The number of rotatable bonds is 8. The Morgan fingerprint density at radius 3 is 2.50 bits per heavy atom. The van der Waals surface area contributed by atoms with Crippen molar-refractivity contribution >= 4 is 23.7 Å². The maximum atomic E-state index is 12.8. The average molecular weight is 407 g/mol. The molecule has 0 unspecified atom stereocenters. The molecule has 0 aromatic heterocycles. The Morgan fingerprint density at radius 1 is 1.18 bits per heavy atom. The summed E-state index contributed by atoms with van der Waals surface area (Å²) in [4.78, 5) is 25.7. The second-order valence-electron chi connectivity index (χ2n) is 6.87. The second kappa shape index (κ2) is 11.1. The van der Waals surface area contributed by atoms with Gasteiger partial charge < -0.3 is 14.2 Å². The van der Waals surface area contributed by atoms with Crippen molar-refractivity contribution in [3.8, 4) is 5.75 Å². The maximum Gasteiger partial charge on any atom is 0.320 e. The van der Waals surface area contributed by atoms with Crippen LogP contribution in [0.3, 0.4) is 0 Å². The minimum atomic E-state index is -0.343. The van der Waals surface area contributed by atoms with Crippen molar-refractivity contribution in [2.24, 2.45) is 11.8 Å². The van der Waals surface area contributed by atoms with E-state index in [9.17, 15) is 9.59 Å². The molecular formula is C22H30O5S. The molecule has 1 fully saturated rings. The van der Waals surface area contributed by atoms with Gasteiger partial charge in [0, 0.05) is 10.8 Å². The van der Waals surface area contributed by atoms with Crippen molar-refractivity contribution in [1.82, 2.24) is 0 Å². The van der Waals surface area contributed by atoms with Crippen LogP contribution in [-0.2, 0) is 19.1 Å². The van der Waals surface area contributed by atoms with E-state index < -0.39 is 0 Å². The number of hydrogen-bond donors (Lipinski definition) is 0. The smallest absolute Gasteiger partial charge is 0.320 e. The van der Waals surface area contributed by atoms with Crippen molar-refractivity contribution in [2.75, 3.05) is 20.8 Å². The zero-order valence-electron chi connectivity index (χ0n) is 17.1. The molecule has 1 aliphatic carbocycles. The van der Waals surface area contributed by atoms with E-state index in [2.05, 4.69) is 0 Å². The number of thioether (sulfide) groups is 1. The van der Waals surface area contributed by atoms with E-state index >= 15 is 0 Å². The fourth-order valence-corrected chi connectivity index (χ4v) is 4.74. The Balaban J connectivity index is 2.29. The minimum Gasteiger partial charge on any atom is -0.497 e. The van der Waals surface area contributed by atoms with E-state index in [-0.39, 0.29) is 29.0 Å². The normalized spacial score (nSPS) is 20.3. The van der Waals surface area contributed by atoms with Gasteiger partial charge in [-0.05, 0) is 57.4 Å². The van der Waals surface area contributed by atoms with E-state index in [1.807, 2.05) is 44.2 Å². The summed E-state index contributed by atoms with van der Waals surface area (Å²) < 4.78 is 15.5. The van der Waals surface area contributed by atoms with Crippen molar-refractivity contribution in [1.29, 1.82) is 0 Å².